The van der Waals surface area contributed by atoms with Crippen LogP contribution >= 0.6 is 11.8 Å². The average Bonchev–Trinajstić information content (AvgIpc) is 3.54. The van der Waals surface area contributed by atoms with Gasteiger partial charge in [-0.05, 0) is 23.6 Å². The molecule has 220 valence electrons. The summed E-state index contributed by atoms with van der Waals surface area (Å²) in [5, 5.41) is 30.1. The van der Waals surface area contributed by atoms with Crippen LogP contribution in [0.4, 0.5) is 0 Å². The molecule has 2 aliphatic heterocycles. The van der Waals surface area contributed by atoms with Crippen LogP contribution < -0.4 is 0 Å². The highest BCUT2D eigenvalue weighted by atomic mass is 32.2. The molecule has 0 aliphatic carbocycles. The average molecular weight is 595 g/mol. The molecule has 4 aromatic rings. The molecule has 0 radical (unpaired) electrons. The van der Waals surface area contributed by atoms with Crippen molar-refractivity contribution in [3.8, 4) is 0 Å². The number of carboxylic acids is 1. The Balaban J connectivity index is 1.38. The summed E-state index contributed by atoms with van der Waals surface area (Å²) in [5.41, 5.74) is 2.21. The number of carboxylic acid groups (broad SMARTS) is 1. The molecule has 0 saturated carbocycles. The third kappa shape index (κ3) is 4.58. The van der Waals surface area contributed by atoms with E-state index in [1.54, 1.807) is 6.92 Å². The molecule has 3 aromatic carbocycles. The minimum Gasteiger partial charge on any atom is -0.477 e. The topological polar surface area (TPSA) is 109 Å². The highest BCUT2D eigenvalue weighted by molar-refractivity contribution is 8.03. The Kier molecular flexibility index (Phi) is 7.48. The van der Waals surface area contributed by atoms with E-state index >= 15 is 0 Å². The zero-order chi connectivity index (χ0) is 30.4. The minimum absolute atomic E-state index is 0.0126. The second-order valence-electron chi connectivity index (χ2n) is 11.5. The van der Waals surface area contributed by atoms with Crippen LogP contribution in [0.5, 0.6) is 0 Å². The molecule has 0 bridgehead atoms. The molecule has 6 rings (SSSR count). The molecule has 43 heavy (non-hydrogen) atoms. The van der Waals surface area contributed by atoms with Crippen LogP contribution in [-0.4, -0.2) is 59.4 Å². The first-order valence-corrected chi connectivity index (χ1v) is 15.3. The van der Waals surface area contributed by atoms with Gasteiger partial charge >= 0.3 is 5.97 Å². The van der Waals surface area contributed by atoms with Crippen LogP contribution in [0, 0.1) is 5.41 Å². The molecule has 1 amide bonds. The third-order valence-corrected chi connectivity index (χ3v) is 10.4. The minimum atomic E-state index is -1.15. The zero-order valence-corrected chi connectivity index (χ0v) is 25.1. The summed E-state index contributed by atoms with van der Waals surface area (Å²) in [6.07, 6.45) is 1.87. The van der Waals surface area contributed by atoms with Crippen molar-refractivity contribution in [2.24, 2.45) is 5.41 Å². The van der Waals surface area contributed by atoms with E-state index in [0.29, 0.717) is 11.3 Å². The first kappa shape index (κ1) is 28.9. The standard InChI is InChI=1S/C34H34N4O4S/c1-22(43-31-30(32(41)42)38-28(20-29(38)40)33(31,3)23(2)39)19-27-21-37(36-35-27)34(24-13-7-4-8-14-24,25-15-9-5-10-16-25)26-17-11-6-12-18-26/h4-18,21-23,28,39H,19-20H2,1-3H3,(H,41,42)/t22?,23-,28+,33+/m1/s1. The monoisotopic (exact) mass is 594 g/mol. The summed E-state index contributed by atoms with van der Waals surface area (Å²) in [6, 6.07) is 30.4. The molecule has 2 aliphatic rings. The number of carbonyl (C=O) groups excluding carboxylic acids is 1. The van der Waals surface area contributed by atoms with Crippen molar-refractivity contribution in [3.63, 3.8) is 0 Å². The molecular formula is C34H34N4O4S. The van der Waals surface area contributed by atoms with Gasteiger partial charge in [-0.2, -0.15) is 0 Å². The number of amides is 1. The second kappa shape index (κ2) is 11.1. The highest BCUT2D eigenvalue weighted by Crippen LogP contribution is 2.57. The van der Waals surface area contributed by atoms with Crippen molar-refractivity contribution in [1.82, 2.24) is 19.9 Å². The van der Waals surface area contributed by atoms with Crippen LogP contribution in [0.1, 0.15) is 49.6 Å². The van der Waals surface area contributed by atoms with Gasteiger partial charge in [0, 0.05) is 28.4 Å². The molecule has 1 saturated heterocycles. The van der Waals surface area contributed by atoms with E-state index in [9.17, 15) is 19.8 Å². The Morgan fingerprint density at radius 3 is 1.93 bits per heavy atom. The Morgan fingerprint density at radius 1 is 0.977 bits per heavy atom. The summed E-state index contributed by atoms with van der Waals surface area (Å²) >= 11 is 1.40. The fraction of sp³-hybridized carbons (Fsp3) is 0.294. The SMILES string of the molecule is CC(Cc1cn(C(c2ccccc2)(c2ccccc2)c2ccccc2)nn1)SC1=C(C(=O)O)N2C(=O)C[C@H]2[C@]1(C)[C@@H](C)O. The lowest BCUT2D eigenvalue weighted by atomic mass is 9.74. The fourth-order valence-electron chi connectivity index (χ4n) is 6.57. The number of benzene rings is 3. The number of rotatable bonds is 10. The van der Waals surface area contributed by atoms with Gasteiger partial charge in [-0.15, -0.1) is 16.9 Å². The number of aliphatic hydroxyl groups excluding tert-OH is 1. The van der Waals surface area contributed by atoms with Crippen LogP contribution in [0.15, 0.2) is 108 Å². The molecule has 1 aromatic heterocycles. The van der Waals surface area contributed by atoms with Crippen LogP contribution in [0.3, 0.4) is 0 Å². The number of hydrogen-bond acceptors (Lipinski definition) is 6. The fourth-order valence-corrected chi connectivity index (χ4v) is 8.09. The van der Waals surface area contributed by atoms with Gasteiger partial charge in [0.25, 0.3) is 0 Å². The lowest BCUT2D eigenvalue weighted by Gasteiger charge is -2.45. The Labute approximate surface area is 255 Å². The molecule has 1 unspecified atom stereocenters. The molecule has 8 nitrogen and oxygen atoms in total. The number of aliphatic carboxylic acids is 1. The van der Waals surface area contributed by atoms with E-state index in [0.717, 1.165) is 22.4 Å². The number of carbonyl (C=O) groups is 2. The molecule has 1 fully saturated rings. The summed E-state index contributed by atoms with van der Waals surface area (Å²) in [4.78, 5) is 26.7. The first-order valence-electron chi connectivity index (χ1n) is 14.4. The second-order valence-corrected chi connectivity index (χ2v) is 13.0. The van der Waals surface area contributed by atoms with Gasteiger partial charge in [-0.1, -0.05) is 110 Å². The summed E-state index contributed by atoms with van der Waals surface area (Å²) in [7, 11) is 0. The van der Waals surface area contributed by atoms with Crippen molar-refractivity contribution >= 4 is 23.6 Å². The summed E-state index contributed by atoms with van der Waals surface area (Å²) in [5.74, 6) is -1.37. The van der Waals surface area contributed by atoms with Gasteiger partial charge in [0.15, 0.2) is 0 Å². The maximum Gasteiger partial charge on any atom is 0.353 e. The zero-order valence-electron chi connectivity index (χ0n) is 24.3. The molecule has 9 heteroatoms. The molecule has 2 N–H and O–H groups in total. The smallest absolute Gasteiger partial charge is 0.353 e. The molecular weight excluding hydrogens is 560 g/mol. The van der Waals surface area contributed by atoms with Gasteiger partial charge in [-0.3, -0.25) is 4.79 Å². The maximum atomic E-state index is 12.4. The molecule has 3 heterocycles. The van der Waals surface area contributed by atoms with E-state index in [2.05, 4.69) is 41.5 Å². The normalized spacial score (nSPS) is 21.3. The van der Waals surface area contributed by atoms with Crippen LogP contribution in [-0.2, 0) is 21.5 Å². The number of nitrogens with zero attached hydrogens (tertiary/aromatic N) is 4. The van der Waals surface area contributed by atoms with Gasteiger partial charge in [0.05, 0.1) is 24.0 Å². The predicted molar refractivity (Wildman–Crippen MR) is 165 cm³/mol. The van der Waals surface area contributed by atoms with Crippen LogP contribution in [0.25, 0.3) is 0 Å². The number of thioether (sulfide) groups is 1. The van der Waals surface area contributed by atoms with Crippen LogP contribution in [0.2, 0.25) is 0 Å². The van der Waals surface area contributed by atoms with E-state index in [1.807, 2.05) is 79.3 Å². The molecule has 4 atom stereocenters. The van der Waals surface area contributed by atoms with Crippen molar-refractivity contribution in [3.05, 3.63) is 130 Å². The number of hydrogen-bond donors (Lipinski definition) is 2. The Morgan fingerprint density at radius 2 is 1.49 bits per heavy atom. The van der Waals surface area contributed by atoms with E-state index < -0.39 is 23.0 Å². The summed E-state index contributed by atoms with van der Waals surface area (Å²) < 4.78 is 1.92. The van der Waals surface area contributed by atoms with Gasteiger partial charge < -0.3 is 15.1 Å². The lowest BCUT2D eigenvalue weighted by Crippen LogP contribution is -2.57. The van der Waals surface area contributed by atoms with Gasteiger partial charge in [0.1, 0.15) is 11.2 Å². The number of aromatic nitrogens is 3. The van der Waals surface area contributed by atoms with Gasteiger partial charge in [0.2, 0.25) is 5.91 Å². The molecule has 0 spiro atoms. The lowest BCUT2D eigenvalue weighted by molar-refractivity contribution is -0.152. The van der Waals surface area contributed by atoms with Crippen molar-refractivity contribution in [2.75, 3.05) is 0 Å². The summed E-state index contributed by atoms with van der Waals surface area (Å²) in [6.45, 7) is 5.53. The Bertz CT molecular complexity index is 1580. The maximum absolute atomic E-state index is 12.4. The predicted octanol–water partition coefficient (Wildman–Crippen LogP) is 5.08. The van der Waals surface area contributed by atoms with E-state index in [4.69, 9.17) is 5.21 Å². The third-order valence-electron chi connectivity index (χ3n) is 8.93. The van der Waals surface area contributed by atoms with Crippen molar-refractivity contribution in [1.29, 1.82) is 0 Å². The van der Waals surface area contributed by atoms with Gasteiger partial charge in [-0.25, -0.2) is 9.48 Å². The van der Waals surface area contributed by atoms with Crippen molar-refractivity contribution < 1.29 is 19.8 Å². The first-order chi connectivity index (χ1) is 20.7. The number of aliphatic hydroxyl groups is 1. The van der Waals surface area contributed by atoms with E-state index in [1.165, 1.54) is 16.7 Å². The largest absolute Gasteiger partial charge is 0.477 e. The van der Waals surface area contributed by atoms with Crippen molar-refractivity contribution in [2.45, 2.75) is 56.5 Å². The highest BCUT2D eigenvalue weighted by Gasteiger charge is 2.61. The van der Waals surface area contributed by atoms with E-state index in [-0.39, 0.29) is 29.3 Å². The number of β-lactam (4-membered cyclic amide) rings is 1. The quantitative estimate of drug-likeness (QED) is 0.195. The number of fused-ring (bicyclic) bond motifs is 1. The Hall–Kier alpha value is -4.21.